The van der Waals surface area contributed by atoms with Crippen molar-refractivity contribution in [3.63, 3.8) is 0 Å². The third-order valence-electron chi connectivity index (χ3n) is 5.20. The van der Waals surface area contributed by atoms with Gasteiger partial charge in [-0.1, -0.05) is 36.0 Å². The predicted octanol–water partition coefficient (Wildman–Crippen LogP) is 3.32. The van der Waals surface area contributed by atoms with Crippen LogP contribution in [0.25, 0.3) is 6.08 Å². The van der Waals surface area contributed by atoms with E-state index in [1.807, 2.05) is 31.2 Å². The van der Waals surface area contributed by atoms with Crippen molar-refractivity contribution in [1.82, 2.24) is 0 Å². The molecule has 1 fully saturated rings. The molecule has 6 nitrogen and oxygen atoms in total. The highest BCUT2D eigenvalue weighted by Crippen LogP contribution is 2.39. The van der Waals surface area contributed by atoms with Crippen LogP contribution < -0.4 is 10.4 Å². The Balaban J connectivity index is 2.02. The molecule has 158 valence electrons. The number of aliphatic hydroxyl groups is 2. The number of aliphatic hydroxyl groups excluding tert-OH is 1. The molecular formula is C23H30O6. The van der Waals surface area contributed by atoms with Crippen LogP contribution in [0.15, 0.2) is 57.3 Å². The largest absolute Gasteiger partial charge is 0.496 e. The van der Waals surface area contributed by atoms with E-state index in [2.05, 4.69) is 0 Å². The van der Waals surface area contributed by atoms with Crippen LogP contribution in [-0.4, -0.2) is 40.7 Å². The number of hydrogen-bond donors (Lipinski definition) is 2. The molecule has 0 aliphatic carbocycles. The average molecular weight is 402 g/mol. The minimum atomic E-state index is -1.30. The predicted molar refractivity (Wildman–Crippen MR) is 113 cm³/mol. The van der Waals surface area contributed by atoms with E-state index in [4.69, 9.17) is 13.9 Å². The van der Waals surface area contributed by atoms with Crippen molar-refractivity contribution in [2.45, 2.75) is 58.0 Å². The smallest absolute Gasteiger partial charge is 0.342 e. The van der Waals surface area contributed by atoms with E-state index in [0.29, 0.717) is 17.1 Å². The van der Waals surface area contributed by atoms with Crippen molar-refractivity contribution < 1.29 is 24.1 Å². The van der Waals surface area contributed by atoms with E-state index in [1.165, 1.54) is 7.11 Å². The molecule has 2 N–H and O–H groups in total. The Kier molecular flexibility index (Phi) is 7.06. The van der Waals surface area contributed by atoms with Gasteiger partial charge in [0.2, 0.25) is 0 Å². The Morgan fingerprint density at radius 2 is 1.90 bits per heavy atom. The summed E-state index contributed by atoms with van der Waals surface area (Å²) in [5.74, 6) is 0.896. The van der Waals surface area contributed by atoms with E-state index in [1.54, 1.807) is 52.0 Å². The molecule has 0 aromatic carbocycles. The Morgan fingerprint density at radius 1 is 1.24 bits per heavy atom. The molecule has 4 atom stereocenters. The van der Waals surface area contributed by atoms with Gasteiger partial charge in [0.15, 0.2) is 0 Å². The zero-order valence-corrected chi connectivity index (χ0v) is 17.8. The molecule has 1 aliphatic heterocycles. The summed E-state index contributed by atoms with van der Waals surface area (Å²) in [5, 5.41) is 20.7. The Hall–Kier alpha value is -2.41. The van der Waals surface area contributed by atoms with Gasteiger partial charge >= 0.3 is 5.63 Å². The fourth-order valence-corrected chi connectivity index (χ4v) is 3.31. The second kappa shape index (κ2) is 8.95. The Bertz CT molecular complexity index is 902. The van der Waals surface area contributed by atoms with Crippen molar-refractivity contribution in [3.8, 4) is 5.75 Å². The summed E-state index contributed by atoms with van der Waals surface area (Å²) in [5.41, 5.74) is -1.35. The monoisotopic (exact) mass is 402 g/mol. The summed E-state index contributed by atoms with van der Waals surface area (Å²) in [6.45, 7) is 8.62. The summed E-state index contributed by atoms with van der Waals surface area (Å²) < 4.78 is 16.1. The van der Waals surface area contributed by atoms with E-state index in [9.17, 15) is 15.0 Å². The maximum Gasteiger partial charge on any atom is 0.342 e. The van der Waals surface area contributed by atoms with E-state index in [0.717, 1.165) is 5.57 Å². The normalized spacial score (nSPS) is 30.8. The van der Waals surface area contributed by atoms with Crippen LogP contribution in [0.2, 0.25) is 0 Å². The highest BCUT2D eigenvalue weighted by atomic mass is 16.6. The SMILES string of the molecule is COc1cc(\C=C/C=C/C=C\C(C)=C\C2(C)OC(C)C(C)(O)C2O)oc(=O)c1C. The van der Waals surface area contributed by atoms with Gasteiger partial charge in [-0.25, -0.2) is 4.79 Å². The van der Waals surface area contributed by atoms with Gasteiger partial charge in [0.25, 0.3) is 0 Å². The first-order valence-electron chi connectivity index (χ1n) is 9.49. The van der Waals surface area contributed by atoms with Gasteiger partial charge in [-0.2, -0.15) is 0 Å². The fourth-order valence-electron chi connectivity index (χ4n) is 3.31. The van der Waals surface area contributed by atoms with Gasteiger partial charge in [-0.15, -0.1) is 0 Å². The number of methoxy groups -OCH3 is 1. The van der Waals surface area contributed by atoms with Crippen LogP contribution in [0, 0.1) is 6.92 Å². The van der Waals surface area contributed by atoms with E-state index < -0.39 is 29.0 Å². The molecule has 6 heteroatoms. The maximum absolute atomic E-state index is 11.7. The number of rotatable bonds is 6. The lowest BCUT2D eigenvalue weighted by Crippen LogP contribution is -2.47. The first-order valence-corrected chi connectivity index (χ1v) is 9.49. The van der Waals surface area contributed by atoms with Crippen LogP contribution in [0.3, 0.4) is 0 Å². The van der Waals surface area contributed by atoms with Crippen LogP contribution in [0.5, 0.6) is 5.75 Å². The van der Waals surface area contributed by atoms with Crippen LogP contribution in [0.1, 0.15) is 39.0 Å². The van der Waals surface area contributed by atoms with Crippen LogP contribution >= 0.6 is 0 Å². The van der Waals surface area contributed by atoms with Gasteiger partial charge < -0.3 is 24.1 Å². The van der Waals surface area contributed by atoms with Gasteiger partial charge in [0.05, 0.1) is 18.8 Å². The zero-order chi connectivity index (χ0) is 21.8. The second-order valence-corrected chi connectivity index (χ2v) is 7.69. The second-order valence-electron chi connectivity index (χ2n) is 7.69. The highest BCUT2D eigenvalue weighted by Gasteiger charge is 2.55. The molecule has 1 aliphatic rings. The lowest BCUT2D eigenvalue weighted by Gasteiger charge is -2.28. The minimum Gasteiger partial charge on any atom is -0.496 e. The number of ether oxygens (including phenoxy) is 2. The molecule has 1 saturated heterocycles. The van der Waals surface area contributed by atoms with Crippen molar-refractivity contribution in [2.75, 3.05) is 7.11 Å². The molecule has 0 bridgehead atoms. The molecular weight excluding hydrogens is 372 g/mol. The quantitative estimate of drug-likeness (QED) is 0.710. The topological polar surface area (TPSA) is 89.1 Å². The van der Waals surface area contributed by atoms with Crippen molar-refractivity contribution in [3.05, 3.63) is 69.8 Å². The Morgan fingerprint density at radius 3 is 2.48 bits per heavy atom. The molecule has 0 spiro atoms. The summed E-state index contributed by atoms with van der Waals surface area (Å²) in [4.78, 5) is 11.7. The molecule has 1 aromatic heterocycles. The lowest BCUT2D eigenvalue weighted by molar-refractivity contribution is -0.0579. The first kappa shape index (κ1) is 22.9. The van der Waals surface area contributed by atoms with Crippen LogP contribution in [0.4, 0.5) is 0 Å². The lowest BCUT2D eigenvalue weighted by atomic mass is 9.86. The van der Waals surface area contributed by atoms with Crippen molar-refractivity contribution >= 4 is 6.08 Å². The third kappa shape index (κ3) is 5.15. The van der Waals surface area contributed by atoms with Crippen molar-refractivity contribution in [2.24, 2.45) is 0 Å². The minimum absolute atomic E-state index is 0.406. The molecule has 1 aromatic rings. The first-order chi connectivity index (χ1) is 13.5. The summed E-state index contributed by atoms with van der Waals surface area (Å²) >= 11 is 0. The molecule has 29 heavy (non-hydrogen) atoms. The third-order valence-corrected chi connectivity index (χ3v) is 5.20. The summed E-state index contributed by atoms with van der Waals surface area (Å²) in [6, 6.07) is 1.66. The molecule has 0 saturated carbocycles. The van der Waals surface area contributed by atoms with Gasteiger partial charge in [-0.05, 0) is 46.8 Å². The zero-order valence-electron chi connectivity index (χ0n) is 17.8. The Labute approximate surface area is 171 Å². The maximum atomic E-state index is 11.7. The van der Waals surface area contributed by atoms with Gasteiger partial charge in [0.1, 0.15) is 28.8 Å². The molecule has 0 amide bonds. The standard InChI is InChI=1S/C23H30O6/c1-15(14-22(4)21(25)23(5,26)17(3)29-22)11-9-7-8-10-12-18-13-19(27-6)16(2)20(24)28-18/h7-14,17,21,25-26H,1-6H3/b8-7+,11-9-,12-10-,15-14+. The van der Waals surface area contributed by atoms with Crippen molar-refractivity contribution in [1.29, 1.82) is 0 Å². The molecule has 0 radical (unpaired) electrons. The van der Waals surface area contributed by atoms with Crippen LogP contribution in [-0.2, 0) is 4.74 Å². The van der Waals surface area contributed by atoms with E-state index in [-0.39, 0.29) is 0 Å². The summed E-state index contributed by atoms with van der Waals surface area (Å²) in [7, 11) is 1.51. The molecule has 2 heterocycles. The highest BCUT2D eigenvalue weighted by molar-refractivity contribution is 5.48. The molecule has 2 rings (SSSR count). The number of hydrogen-bond acceptors (Lipinski definition) is 6. The van der Waals surface area contributed by atoms with Gasteiger partial charge in [-0.3, -0.25) is 0 Å². The van der Waals surface area contributed by atoms with E-state index >= 15 is 0 Å². The average Bonchev–Trinajstić information content (AvgIpc) is 2.80. The molecule has 4 unspecified atom stereocenters. The summed E-state index contributed by atoms with van der Waals surface area (Å²) in [6.07, 6.45) is 11.1. The number of allylic oxidation sites excluding steroid dienone is 6. The fraction of sp³-hybridized carbons (Fsp3) is 0.435. The van der Waals surface area contributed by atoms with Gasteiger partial charge in [0, 0.05) is 6.07 Å².